The molecule has 0 spiro atoms. The molecular formula is C14H18N4O. The largest absolute Gasteiger partial charge is 0.347 e. The van der Waals surface area contributed by atoms with Crippen LogP contribution in [0.5, 0.6) is 0 Å². The molecule has 0 aromatic carbocycles. The van der Waals surface area contributed by atoms with Crippen molar-refractivity contribution in [2.45, 2.75) is 33.2 Å². The molecule has 0 saturated heterocycles. The van der Waals surface area contributed by atoms with Crippen LogP contribution in [0.1, 0.15) is 47.0 Å². The lowest BCUT2D eigenvalue weighted by atomic mass is 10.1. The van der Waals surface area contributed by atoms with Gasteiger partial charge in [0.2, 0.25) is 0 Å². The number of amides is 1. The van der Waals surface area contributed by atoms with Crippen LogP contribution >= 0.6 is 0 Å². The van der Waals surface area contributed by atoms with Gasteiger partial charge >= 0.3 is 0 Å². The smallest absolute Gasteiger partial charge is 0.253 e. The van der Waals surface area contributed by atoms with E-state index in [1.807, 2.05) is 32.9 Å². The van der Waals surface area contributed by atoms with Gasteiger partial charge in [-0.25, -0.2) is 4.98 Å². The average molecular weight is 258 g/mol. The number of aromatic nitrogens is 3. The van der Waals surface area contributed by atoms with Gasteiger partial charge in [0.1, 0.15) is 5.82 Å². The third-order valence-electron chi connectivity index (χ3n) is 3.03. The lowest BCUT2D eigenvalue weighted by Crippen LogP contribution is -2.29. The van der Waals surface area contributed by atoms with Gasteiger partial charge in [-0.3, -0.25) is 9.78 Å². The standard InChI is InChI=1S/C14H18N4O/c1-4-12(13-15-7-8-16-13)18-14(19)11-6-5-9(2)17-10(11)3/h5-8,12H,4H2,1-3H3,(H,15,16)(H,18,19). The summed E-state index contributed by atoms with van der Waals surface area (Å²) >= 11 is 0. The van der Waals surface area contributed by atoms with Crippen LogP contribution < -0.4 is 5.32 Å². The van der Waals surface area contributed by atoms with Gasteiger partial charge in [-0.15, -0.1) is 0 Å². The Morgan fingerprint density at radius 3 is 2.79 bits per heavy atom. The monoisotopic (exact) mass is 258 g/mol. The maximum atomic E-state index is 12.2. The molecule has 5 nitrogen and oxygen atoms in total. The lowest BCUT2D eigenvalue weighted by Gasteiger charge is -2.15. The number of nitrogens with one attached hydrogen (secondary N) is 2. The van der Waals surface area contributed by atoms with Gasteiger partial charge in [0.15, 0.2) is 0 Å². The quantitative estimate of drug-likeness (QED) is 0.884. The van der Waals surface area contributed by atoms with Gasteiger partial charge in [-0.1, -0.05) is 6.92 Å². The number of imidazole rings is 1. The summed E-state index contributed by atoms with van der Waals surface area (Å²) in [6.45, 7) is 5.76. The number of pyridine rings is 1. The minimum Gasteiger partial charge on any atom is -0.347 e. The van der Waals surface area contributed by atoms with Crippen molar-refractivity contribution >= 4 is 5.91 Å². The van der Waals surface area contributed by atoms with E-state index >= 15 is 0 Å². The Kier molecular flexibility index (Phi) is 3.94. The van der Waals surface area contributed by atoms with Crippen LogP contribution in [0.3, 0.4) is 0 Å². The first-order valence-corrected chi connectivity index (χ1v) is 6.36. The van der Waals surface area contributed by atoms with Gasteiger partial charge in [0, 0.05) is 18.1 Å². The summed E-state index contributed by atoms with van der Waals surface area (Å²) < 4.78 is 0. The maximum absolute atomic E-state index is 12.2. The summed E-state index contributed by atoms with van der Waals surface area (Å²) in [4.78, 5) is 23.8. The van der Waals surface area contributed by atoms with Gasteiger partial charge in [-0.2, -0.15) is 0 Å². The first-order valence-electron chi connectivity index (χ1n) is 6.36. The molecule has 100 valence electrons. The first-order chi connectivity index (χ1) is 9.11. The van der Waals surface area contributed by atoms with Crippen LogP contribution in [0, 0.1) is 13.8 Å². The molecule has 2 N–H and O–H groups in total. The van der Waals surface area contributed by atoms with E-state index in [2.05, 4.69) is 20.3 Å². The number of aromatic amines is 1. The minimum absolute atomic E-state index is 0.108. The molecule has 19 heavy (non-hydrogen) atoms. The third kappa shape index (κ3) is 2.99. The molecule has 5 heteroatoms. The summed E-state index contributed by atoms with van der Waals surface area (Å²) in [7, 11) is 0. The predicted molar refractivity (Wildman–Crippen MR) is 72.8 cm³/mol. The van der Waals surface area contributed by atoms with Crippen molar-refractivity contribution < 1.29 is 4.79 Å². The lowest BCUT2D eigenvalue weighted by molar-refractivity contribution is 0.0933. The fourth-order valence-corrected chi connectivity index (χ4v) is 1.99. The van der Waals surface area contributed by atoms with E-state index in [1.165, 1.54) is 0 Å². The number of hydrogen-bond donors (Lipinski definition) is 2. The third-order valence-corrected chi connectivity index (χ3v) is 3.03. The molecule has 1 amide bonds. The van der Waals surface area contributed by atoms with Crippen molar-refractivity contribution in [2.75, 3.05) is 0 Å². The van der Waals surface area contributed by atoms with Gasteiger partial charge in [-0.05, 0) is 32.4 Å². The number of carbonyl (C=O) groups excluding carboxylic acids is 1. The summed E-state index contributed by atoms with van der Waals surface area (Å²) in [6, 6.07) is 3.54. The highest BCUT2D eigenvalue weighted by Gasteiger charge is 2.17. The molecule has 1 unspecified atom stereocenters. The van der Waals surface area contributed by atoms with Crippen LogP contribution in [-0.4, -0.2) is 20.9 Å². The molecule has 2 heterocycles. The topological polar surface area (TPSA) is 70.7 Å². The van der Waals surface area contributed by atoms with E-state index in [-0.39, 0.29) is 11.9 Å². The van der Waals surface area contributed by atoms with Crippen molar-refractivity contribution in [2.24, 2.45) is 0 Å². The van der Waals surface area contributed by atoms with E-state index in [1.54, 1.807) is 12.4 Å². The second-order valence-electron chi connectivity index (χ2n) is 4.49. The van der Waals surface area contributed by atoms with Gasteiger partial charge in [0.25, 0.3) is 5.91 Å². The van der Waals surface area contributed by atoms with Crippen LogP contribution in [0.15, 0.2) is 24.5 Å². The number of aryl methyl sites for hydroxylation is 2. The Hall–Kier alpha value is -2.17. The summed E-state index contributed by atoms with van der Waals surface area (Å²) in [6.07, 6.45) is 4.21. The van der Waals surface area contributed by atoms with E-state index in [9.17, 15) is 4.79 Å². The average Bonchev–Trinajstić information content (AvgIpc) is 2.89. The zero-order valence-corrected chi connectivity index (χ0v) is 11.4. The highest BCUT2D eigenvalue weighted by Crippen LogP contribution is 2.14. The van der Waals surface area contributed by atoms with E-state index in [0.29, 0.717) is 5.56 Å². The number of hydrogen-bond acceptors (Lipinski definition) is 3. The van der Waals surface area contributed by atoms with E-state index in [0.717, 1.165) is 23.6 Å². The molecule has 0 aliphatic rings. The molecule has 1 atom stereocenters. The van der Waals surface area contributed by atoms with Crippen LogP contribution in [0.25, 0.3) is 0 Å². The van der Waals surface area contributed by atoms with Crippen LogP contribution in [0.4, 0.5) is 0 Å². The normalized spacial score (nSPS) is 12.2. The molecule has 2 aromatic rings. The van der Waals surface area contributed by atoms with Crippen molar-refractivity contribution in [1.29, 1.82) is 0 Å². The van der Waals surface area contributed by atoms with E-state index < -0.39 is 0 Å². The fourth-order valence-electron chi connectivity index (χ4n) is 1.99. The van der Waals surface area contributed by atoms with Crippen molar-refractivity contribution in [3.8, 4) is 0 Å². The number of nitrogens with zero attached hydrogens (tertiary/aromatic N) is 2. The summed E-state index contributed by atoms with van der Waals surface area (Å²) in [5.74, 6) is 0.654. The van der Waals surface area contributed by atoms with Crippen molar-refractivity contribution in [3.05, 3.63) is 47.3 Å². The first kappa shape index (κ1) is 13.3. The number of rotatable bonds is 4. The molecule has 0 saturated carbocycles. The molecule has 0 aliphatic heterocycles. The minimum atomic E-state index is -0.117. The zero-order chi connectivity index (χ0) is 13.8. The molecule has 2 aromatic heterocycles. The summed E-state index contributed by atoms with van der Waals surface area (Å²) in [5.41, 5.74) is 2.26. The molecule has 0 radical (unpaired) electrons. The summed E-state index contributed by atoms with van der Waals surface area (Å²) in [5, 5.41) is 2.97. The Morgan fingerprint density at radius 1 is 1.42 bits per heavy atom. The number of H-pyrrole nitrogens is 1. The highest BCUT2D eigenvalue weighted by molar-refractivity contribution is 5.95. The maximum Gasteiger partial charge on any atom is 0.253 e. The molecular weight excluding hydrogens is 240 g/mol. The fraction of sp³-hybridized carbons (Fsp3) is 0.357. The highest BCUT2D eigenvalue weighted by atomic mass is 16.1. The molecule has 2 rings (SSSR count). The van der Waals surface area contributed by atoms with Gasteiger partial charge in [0.05, 0.1) is 17.3 Å². The van der Waals surface area contributed by atoms with Crippen LogP contribution in [-0.2, 0) is 0 Å². The Morgan fingerprint density at radius 2 is 2.21 bits per heavy atom. The Balaban J connectivity index is 2.16. The van der Waals surface area contributed by atoms with Crippen molar-refractivity contribution in [3.63, 3.8) is 0 Å². The Bertz CT molecular complexity index is 563. The van der Waals surface area contributed by atoms with E-state index in [4.69, 9.17) is 0 Å². The van der Waals surface area contributed by atoms with Crippen LogP contribution in [0.2, 0.25) is 0 Å². The predicted octanol–water partition coefficient (Wildman–Crippen LogP) is 2.30. The Labute approximate surface area is 112 Å². The van der Waals surface area contributed by atoms with Gasteiger partial charge < -0.3 is 10.3 Å². The second kappa shape index (κ2) is 5.65. The molecule has 0 fully saturated rings. The zero-order valence-electron chi connectivity index (χ0n) is 11.4. The second-order valence-corrected chi connectivity index (χ2v) is 4.49. The number of carbonyl (C=O) groups is 1. The van der Waals surface area contributed by atoms with Crippen molar-refractivity contribution in [1.82, 2.24) is 20.3 Å². The SMILES string of the molecule is CCC(NC(=O)c1ccc(C)nc1C)c1ncc[nH]1. The molecule has 0 bridgehead atoms. The molecule has 0 aliphatic carbocycles.